The highest BCUT2D eigenvalue weighted by molar-refractivity contribution is 7.81. The highest BCUT2D eigenvalue weighted by Crippen LogP contribution is 2.20. The molecule has 0 spiro atoms. The molecule has 29 heavy (non-hydrogen) atoms. The van der Waals surface area contributed by atoms with Gasteiger partial charge < -0.3 is 15.3 Å². The lowest BCUT2D eigenvalue weighted by molar-refractivity contribution is -0.577. The molecular weight excluding hydrogens is 385 g/mol. The van der Waals surface area contributed by atoms with Gasteiger partial charge in [0.25, 0.3) is 0 Å². The Bertz CT molecular complexity index is 1040. The molecule has 3 aromatic rings. The van der Waals surface area contributed by atoms with Crippen molar-refractivity contribution in [1.82, 2.24) is 0 Å². The summed E-state index contributed by atoms with van der Waals surface area (Å²) in [6.45, 7) is 1.96. The fraction of sp³-hybridized carbons (Fsp3) is 0.130. The lowest BCUT2D eigenvalue weighted by Crippen LogP contribution is -2.40. The van der Waals surface area contributed by atoms with Crippen molar-refractivity contribution in [2.24, 2.45) is 0 Å². The number of rotatable bonds is 5. The summed E-state index contributed by atoms with van der Waals surface area (Å²) in [5.41, 5.74) is 3.48. The van der Waals surface area contributed by atoms with Crippen LogP contribution in [0.5, 0.6) is 0 Å². The topological polar surface area (TPSA) is 42.2 Å². The van der Waals surface area contributed by atoms with Crippen LogP contribution in [-0.4, -0.2) is 19.1 Å². The predicted octanol–water partition coefficient (Wildman–Crippen LogP) is 3.61. The maximum absolute atomic E-state index is 13.3. The monoisotopic (exact) mass is 407 g/mol. The number of aryl methyl sites for hydroxylation is 1. The lowest BCUT2D eigenvalue weighted by Gasteiger charge is -2.18. The van der Waals surface area contributed by atoms with E-state index in [-0.39, 0.29) is 10.7 Å². The second-order valence-corrected chi connectivity index (χ2v) is 7.22. The molecule has 0 unspecified atom stereocenters. The number of hydrogen-bond donors (Lipinski definition) is 1. The van der Waals surface area contributed by atoms with Gasteiger partial charge in [-0.15, -0.1) is 0 Å². The number of anilines is 2. The second kappa shape index (κ2) is 8.84. The quantitative estimate of drug-likeness (QED) is 0.304. The summed E-state index contributed by atoms with van der Waals surface area (Å²) >= 11 is 5.61. The minimum absolute atomic E-state index is 0.288. The van der Waals surface area contributed by atoms with Gasteiger partial charge in [0.2, 0.25) is 5.70 Å². The second-order valence-electron chi connectivity index (χ2n) is 6.81. The summed E-state index contributed by atoms with van der Waals surface area (Å²) in [5.74, 6) is -0.689. The fourth-order valence-corrected chi connectivity index (χ4v) is 3.14. The highest BCUT2D eigenvalue weighted by atomic mass is 32.1. The van der Waals surface area contributed by atoms with E-state index in [2.05, 4.69) is 5.32 Å². The lowest BCUT2D eigenvalue weighted by atomic mass is 10.1. The first-order valence-electron chi connectivity index (χ1n) is 9.10. The SMILES string of the molecule is Cc1ccccc1NC(=S)C(=C([O-])c1ccc(F)cc1)[n+]1ccc(N(C)C)cc1. The Labute approximate surface area is 175 Å². The molecule has 1 N–H and O–H groups in total. The van der Waals surface area contributed by atoms with Crippen LogP contribution in [0.25, 0.3) is 11.5 Å². The molecule has 6 heteroatoms. The van der Waals surface area contributed by atoms with Crippen LogP contribution in [0.2, 0.25) is 0 Å². The Morgan fingerprint density at radius 3 is 2.21 bits per heavy atom. The van der Waals surface area contributed by atoms with Crippen LogP contribution < -0.4 is 19.9 Å². The van der Waals surface area contributed by atoms with E-state index in [9.17, 15) is 9.50 Å². The van der Waals surface area contributed by atoms with Gasteiger partial charge >= 0.3 is 0 Å². The molecule has 0 aliphatic heterocycles. The molecule has 0 bridgehead atoms. The highest BCUT2D eigenvalue weighted by Gasteiger charge is 2.19. The van der Waals surface area contributed by atoms with Gasteiger partial charge in [0.05, 0.1) is 0 Å². The Morgan fingerprint density at radius 1 is 1.00 bits per heavy atom. The van der Waals surface area contributed by atoms with E-state index >= 15 is 0 Å². The van der Waals surface area contributed by atoms with Crippen LogP contribution in [0, 0.1) is 12.7 Å². The number of pyridine rings is 1. The largest absolute Gasteiger partial charge is 0.867 e. The van der Waals surface area contributed by atoms with Crippen LogP contribution in [0.15, 0.2) is 73.1 Å². The smallest absolute Gasteiger partial charge is 0.238 e. The number of nitrogens with one attached hydrogen (secondary N) is 1. The molecular formula is C23H22FN3OS. The van der Waals surface area contributed by atoms with E-state index in [4.69, 9.17) is 12.2 Å². The molecule has 3 rings (SSSR count). The number of benzene rings is 2. The average molecular weight is 408 g/mol. The van der Waals surface area contributed by atoms with E-state index in [1.807, 2.05) is 62.3 Å². The van der Waals surface area contributed by atoms with Gasteiger partial charge in [-0.2, -0.15) is 4.57 Å². The Balaban J connectivity index is 2.07. The van der Waals surface area contributed by atoms with E-state index in [1.54, 1.807) is 17.0 Å². The zero-order chi connectivity index (χ0) is 21.0. The van der Waals surface area contributed by atoms with Crippen LogP contribution in [0.4, 0.5) is 15.8 Å². The number of hydrogen-bond acceptors (Lipinski definition) is 3. The first-order valence-corrected chi connectivity index (χ1v) is 9.51. The Kier molecular flexibility index (Phi) is 6.24. The van der Waals surface area contributed by atoms with E-state index < -0.39 is 5.82 Å². The molecule has 2 aromatic carbocycles. The minimum atomic E-state index is -0.397. The number of aromatic nitrogens is 1. The zero-order valence-electron chi connectivity index (χ0n) is 16.5. The summed E-state index contributed by atoms with van der Waals surface area (Å²) in [6, 6.07) is 17.0. The average Bonchev–Trinajstić information content (AvgIpc) is 2.71. The normalized spacial score (nSPS) is 11.6. The summed E-state index contributed by atoms with van der Waals surface area (Å²) in [6.07, 6.45) is 3.58. The van der Waals surface area contributed by atoms with Crippen LogP contribution in [0.1, 0.15) is 11.1 Å². The zero-order valence-corrected chi connectivity index (χ0v) is 17.3. The molecule has 0 atom stereocenters. The third-order valence-corrected chi connectivity index (χ3v) is 4.81. The molecule has 0 saturated heterocycles. The van der Waals surface area contributed by atoms with Gasteiger partial charge in [-0.3, -0.25) is 0 Å². The van der Waals surface area contributed by atoms with Gasteiger partial charge in [-0.05, 0) is 42.0 Å². The summed E-state index contributed by atoms with van der Waals surface area (Å²) in [5, 5.41) is 16.5. The molecule has 0 fully saturated rings. The van der Waals surface area contributed by atoms with Crippen molar-refractivity contribution in [1.29, 1.82) is 0 Å². The molecule has 0 aliphatic carbocycles. The molecule has 1 aromatic heterocycles. The maximum atomic E-state index is 13.3. The molecule has 0 aliphatic rings. The van der Waals surface area contributed by atoms with Gasteiger partial charge in [-0.25, -0.2) is 4.39 Å². The number of thiocarbonyl (C=S) groups is 1. The maximum Gasteiger partial charge on any atom is 0.238 e. The van der Waals surface area contributed by atoms with Gasteiger partial charge in [0.1, 0.15) is 5.82 Å². The summed E-state index contributed by atoms with van der Waals surface area (Å²) in [4.78, 5) is 2.26. The number of halogens is 1. The molecule has 0 saturated carbocycles. The standard InChI is InChI=1S/C23H22FN3OS/c1-16-6-4-5-7-20(16)25-23(29)21(22(28)17-8-10-18(24)11-9-17)27-14-12-19(13-15-27)26(2)3/h4-15H,1-3H3,(H-,25,28,29). The summed E-state index contributed by atoms with van der Waals surface area (Å²) in [7, 11) is 3.89. The van der Waals surface area contributed by atoms with Crippen molar-refractivity contribution in [3.05, 3.63) is 90.0 Å². The van der Waals surface area contributed by atoms with Crippen LogP contribution >= 0.6 is 12.2 Å². The third kappa shape index (κ3) is 4.78. The number of nitrogens with zero attached hydrogens (tertiary/aromatic N) is 2. The van der Waals surface area contributed by atoms with Gasteiger partial charge in [0.15, 0.2) is 17.4 Å². The van der Waals surface area contributed by atoms with Crippen molar-refractivity contribution in [3.8, 4) is 0 Å². The molecule has 0 radical (unpaired) electrons. The van der Waals surface area contributed by atoms with Crippen LogP contribution in [-0.2, 0) is 0 Å². The number of para-hydroxylation sites is 1. The summed E-state index contributed by atoms with van der Waals surface area (Å²) < 4.78 is 15.0. The Morgan fingerprint density at radius 2 is 1.62 bits per heavy atom. The molecule has 4 nitrogen and oxygen atoms in total. The van der Waals surface area contributed by atoms with Crippen molar-refractivity contribution in [2.75, 3.05) is 24.3 Å². The van der Waals surface area contributed by atoms with Gasteiger partial charge in [0, 0.05) is 37.6 Å². The van der Waals surface area contributed by atoms with Crippen molar-refractivity contribution in [2.45, 2.75) is 6.92 Å². The molecule has 148 valence electrons. The first kappa shape index (κ1) is 20.5. The first-order chi connectivity index (χ1) is 13.9. The van der Waals surface area contributed by atoms with E-state index in [1.165, 1.54) is 24.3 Å². The van der Waals surface area contributed by atoms with Crippen molar-refractivity contribution in [3.63, 3.8) is 0 Å². The van der Waals surface area contributed by atoms with E-state index in [0.717, 1.165) is 16.9 Å². The van der Waals surface area contributed by atoms with Gasteiger partial charge in [-0.1, -0.05) is 42.5 Å². The minimum Gasteiger partial charge on any atom is -0.867 e. The molecule has 1 heterocycles. The predicted molar refractivity (Wildman–Crippen MR) is 118 cm³/mol. The molecule has 0 amide bonds. The fourth-order valence-electron chi connectivity index (χ4n) is 2.84. The van der Waals surface area contributed by atoms with Crippen molar-refractivity contribution >= 4 is 40.0 Å². The third-order valence-electron chi connectivity index (χ3n) is 4.52. The van der Waals surface area contributed by atoms with Crippen LogP contribution in [0.3, 0.4) is 0 Å². The van der Waals surface area contributed by atoms with E-state index in [0.29, 0.717) is 11.3 Å². The van der Waals surface area contributed by atoms with Crippen molar-refractivity contribution < 1.29 is 14.1 Å². The Hall–Kier alpha value is -3.25.